The first kappa shape index (κ1) is 13.6. The molecule has 0 unspecified atom stereocenters. The standard InChI is InChI=1S/C17H19N3O2/c1-11-14-10-19-9-13(8-18)15(14)22-5-4-20(11)16(21)17-3-2-12(6-17)7-17/h9-12H,2-7H2,1H3/t11-,12?,17?/m0/s1. The lowest BCUT2D eigenvalue weighted by Gasteiger charge is -2.42. The van der Waals surface area contributed by atoms with Gasteiger partial charge in [0.15, 0.2) is 0 Å². The lowest BCUT2D eigenvalue weighted by Crippen LogP contribution is -2.48. The maximum Gasteiger partial charge on any atom is 0.229 e. The maximum atomic E-state index is 13.1. The zero-order valence-electron chi connectivity index (χ0n) is 12.7. The number of aromatic nitrogens is 1. The minimum Gasteiger partial charge on any atom is -0.490 e. The van der Waals surface area contributed by atoms with Crippen molar-refractivity contribution in [3.8, 4) is 11.8 Å². The van der Waals surface area contributed by atoms with E-state index in [0.29, 0.717) is 24.5 Å². The molecule has 1 aromatic heterocycles. The van der Waals surface area contributed by atoms with Crippen LogP contribution in [0.4, 0.5) is 0 Å². The van der Waals surface area contributed by atoms with Gasteiger partial charge in [0, 0.05) is 23.4 Å². The van der Waals surface area contributed by atoms with E-state index < -0.39 is 0 Å². The molecule has 5 rings (SSSR count). The van der Waals surface area contributed by atoms with Crippen LogP contribution < -0.4 is 4.74 Å². The molecule has 0 spiro atoms. The molecule has 1 aromatic rings. The van der Waals surface area contributed by atoms with Gasteiger partial charge in [-0.25, -0.2) is 0 Å². The highest BCUT2D eigenvalue weighted by molar-refractivity contribution is 5.85. The molecule has 1 aliphatic heterocycles. The summed E-state index contributed by atoms with van der Waals surface area (Å²) in [6, 6.07) is 2.03. The number of hydrogen-bond acceptors (Lipinski definition) is 4. The van der Waals surface area contributed by atoms with E-state index in [-0.39, 0.29) is 17.4 Å². The Kier molecular flexibility index (Phi) is 2.90. The quantitative estimate of drug-likeness (QED) is 0.798. The number of hydrogen-bond donors (Lipinski definition) is 0. The highest BCUT2D eigenvalue weighted by Crippen LogP contribution is 2.60. The molecule has 2 heterocycles. The first-order chi connectivity index (χ1) is 10.6. The van der Waals surface area contributed by atoms with Gasteiger partial charge in [-0.15, -0.1) is 0 Å². The van der Waals surface area contributed by atoms with Gasteiger partial charge >= 0.3 is 0 Å². The third-order valence-corrected chi connectivity index (χ3v) is 5.65. The first-order valence-electron chi connectivity index (χ1n) is 7.96. The summed E-state index contributed by atoms with van der Waals surface area (Å²) in [5.74, 6) is 1.63. The SMILES string of the molecule is C[C@H]1c2cncc(C#N)c2OCCN1C(=O)C12CCC(C1)C2. The molecule has 5 heteroatoms. The number of fused-ring (bicyclic) bond motifs is 2. The van der Waals surface area contributed by atoms with Crippen LogP contribution in [0.15, 0.2) is 12.4 Å². The Morgan fingerprint density at radius 1 is 1.50 bits per heavy atom. The van der Waals surface area contributed by atoms with Gasteiger partial charge in [0.25, 0.3) is 0 Å². The second kappa shape index (κ2) is 4.70. The first-order valence-corrected chi connectivity index (χ1v) is 7.96. The van der Waals surface area contributed by atoms with Crippen LogP contribution in [0.25, 0.3) is 0 Å². The van der Waals surface area contributed by atoms with Gasteiger partial charge in [0.2, 0.25) is 5.91 Å². The van der Waals surface area contributed by atoms with Crippen molar-refractivity contribution in [3.63, 3.8) is 0 Å². The van der Waals surface area contributed by atoms with Crippen molar-refractivity contribution in [2.75, 3.05) is 13.2 Å². The van der Waals surface area contributed by atoms with E-state index in [0.717, 1.165) is 30.7 Å². The molecule has 0 radical (unpaired) electrons. The largest absolute Gasteiger partial charge is 0.490 e. The molecule has 0 N–H and O–H groups in total. The van der Waals surface area contributed by atoms with Crippen molar-refractivity contribution in [1.82, 2.24) is 9.88 Å². The van der Waals surface area contributed by atoms with Gasteiger partial charge in [-0.2, -0.15) is 5.26 Å². The molecule has 1 atom stereocenters. The fraction of sp³-hybridized carbons (Fsp3) is 0.588. The van der Waals surface area contributed by atoms with Gasteiger partial charge in [-0.1, -0.05) is 0 Å². The second-order valence-electron chi connectivity index (χ2n) is 6.83. The van der Waals surface area contributed by atoms with Crippen molar-refractivity contribution >= 4 is 5.91 Å². The number of carbonyl (C=O) groups excluding carboxylic acids is 1. The summed E-state index contributed by atoms with van der Waals surface area (Å²) in [6.07, 6.45) is 7.58. The topological polar surface area (TPSA) is 66.2 Å². The van der Waals surface area contributed by atoms with E-state index >= 15 is 0 Å². The minimum atomic E-state index is -0.107. The van der Waals surface area contributed by atoms with Crippen LogP contribution in [-0.2, 0) is 4.79 Å². The van der Waals surface area contributed by atoms with Crippen molar-refractivity contribution in [2.24, 2.45) is 11.3 Å². The number of pyridine rings is 1. The summed E-state index contributed by atoms with van der Waals surface area (Å²) >= 11 is 0. The molecule has 3 saturated carbocycles. The summed E-state index contributed by atoms with van der Waals surface area (Å²) in [5.41, 5.74) is 1.18. The fourth-order valence-corrected chi connectivity index (χ4v) is 4.41. The molecular weight excluding hydrogens is 278 g/mol. The van der Waals surface area contributed by atoms with E-state index in [1.807, 2.05) is 11.8 Å². The zero-order chi connectivity index (χ0) is 15.3. The van der Waals surface area contributed by atoms with Crippen LogP contribution in [0.1, 0.15) is 49.8 Å². The molecule has 3 fully saturated rings. The normalized spacial score (nSPS) is 32.3. The van der Waals surface area contributed by atoms with Crippen molar-refractivity contribution in [1.29, 1.82) is 5.26 Å². The molecule has 3 aliphatic carbocycles. The van der Waals surface area contributed by atoms with E-state index in [1.54, 1.807) is 6.20 Å². The fourth-order valence-electron chi connectivity index (χ4n) is 4.41. The number of amides is 1. The monoisotopic (exact) mass is 297 g/mol. The number of rotatable bonds is 1. The Morgan fingerprint density at radius 3 is 3.00 bits per heavy atom. The highest BCUT2D eigenvalue weighted by Gasteiger charge is 2.57. The second-order valence-corrected chi connectivity index (χ2v) is 6.83. The Morgan fingerprint density at radius 2 is 2.32 bits per heavy atom. The number of ether oxygens (including phenoxy) is 1. The predicted molar refractivity (Wildman–Crippen MR) is 79.0 cm³/mol. The third kappa shape index (κ3) is 1.76. The van der Waals surface area contributed by atoms with Gasteiger partial charge < -0.3 is 9.64 Å². The Balaban J connectivity index is 1.68. The van der Waals surface area contributed by atoms with Crippen LogP contribution in [0.2, 0.25) is 0 Å². The van der Waals surface area contributed by atoms with Gasteiger partial charge in [-0.05, 0) is 38.5 Å². The van der Waals surface area contributed by atoms with Crippen LogP contribution in [0, 0.1) is 22.7 Å². The zero-order valence-corrected chi connectivity index (χ0v) is 12.7. The molecule has 22 heavy (non-hydrogen) atoms. The predicted octanol–water partition coefficient (Wildman–Crippen LogP) is 2.43. The Labute approximate surface area is 129 Å². The Hall–Kier alpha value is -2.09. The van der Waals surface area contributed by atoms with Gasteiger partial charge in [-0.3, -0.25) is 9.78 Å². The van der Waals surface area contributed by atoms with E-state index in [9.17, 15) is 10.1 Å². The molecule has 1 amide bonds. The number of nitrogens with zero attached hydrogens (tertiary/aromatic N) is 3. The number of nitriles is 1. The summed E-state index contributed by atoms with van der Waals surface area (Å²) in [4.78, 5) is 19.2. The number of carbonyl (C=O) groups is 1. The highest BCUT2D eigenvalue weighted by atomic mass is 16.5. The van der Waals surface area contributed by atoms with Crippen LogP contribution in [-0.4, -0.2) is 28.9 Å². The summed E-state index contributed by atoms with van der Waals surface area (Å²) < 4.78 is 5.77. The molecule has 114 valence electrons. The lowest BCUT2D eigenvalue weighted by molar-refractivity contribution is -0.148. The summed E-state index contributed by atoms with van der Waals surface area (Å²) in [6.45, 7) is 3.02. The molecule has 0 saturated heterocycles. The van der Waals surface area contributed by atoms with Crippen LogP contribution >= 0.6 is 0 Å². The van der Waals surface area contributed by atoms with E-state index in [4.69, 9.17) is 4.74 Å². The molecular formula is C17H19N3O2. The molecule has 4 aliphatic rings. The van der Waals surface area contributed by atoms with Crippen molar-refractivity contribution < 1.29 is 9.53 Å². The van der Waals surface area contributed by atoms with Crippen molar-refractivity contribution in [3.05, 3.63) is 23.5 Å². The van der Waals surface area contributed by atoms with Crippen molar-refractivity contribution in [2.45, 2.75) is 38.6 Å². The van der Waals surface area contributed by atoms with Gasteiger partial charge in [0.1, 0.15) is 24.0 Å². The lowest BCUT2D eigenvalue weighted by atomic mass is 9.68. The summed E-state index contributed by atoms with van der Waals surface area (Å²) in [7, 11) is 0. The average molecular weight is 297 g/mol. The molecule has 0 aromatic carbocycles. The van der Waals surface area contributed by atoms with E-state index in [1.165, 1.54) is 12.6 Å². The van der Waals surface area contributed by atoms with Crippen LogP contribution in [0.3, 0.4) is 0 Å². The average Bonchev–Trinajstić information content (AvgIpc) is 3.07. The van der Waals surface area contributed by atoms with Crippen LogP contribution in [0.5, 0.6) is 5.75 Å². The third-order valence-electron chi connectivity index (χ3n) is 5.65. The Bertz CT molecular complexity index is 667. The smallest absolute Gasteiger partial charge is 0.229 e. The maximum absolute atomic E-state index is 13.1. The van der Waals surface area contributed by atoms with Gasteiger partial charge in [0.05, 0.1) is 12.6 Å². The summed E-state index contributed by atoms with van der Waals surface area (Å²) in [5, 5.41) is 9.22. The molecule has 5 nitrogen and oxygen atoms in total. The minimum absolute atomic E-state index is 0.0974. The van der Waals surface area contributed by atoms with E-state index in [2.05, 4.69) is 11.1 Å². The molecule has 2 bridgehead atoms.